The van der Waals surface area contributed by atoms with Gasteiger partial charge in [0.2, 0.25) is 0 Å². The minimum absolute atomic E-state index is 0.0737. The van der Waals surface area contributed by atoms with Gasteiger partial charge in [-0.3, -0.25) is 9.78 Å². The molecule has 4 aromatic heterocycles. The number of pyridine rings is 1. The lowest BCUT2D eigenvalue weighted by molar-refractivity contribution is 0.0959. The monoisotopic (exact) mass is 433 g/mol. The van der Waals surface area contributed by atoms with Crippen LogP contribution >= 0.6 is 11.3 Å². The largest absolute Gasteiger partial charge is 0.301 e. The van der Waals surface area contributed by atoms with E-state index in [0.717, 1.165) is 46.9 Å². The van der Waals surface area contributed by atoms with E-state index in [2.05, 4.69) is 41.8 Å². The fraction of sp³-hybridized carbons (Fsp3) is 0.333. The van der Waals surface area contributed by atoms with Crippen molar-refractivity contribution in [3.8, 4) is 21.7 Å². The van der Waals surface area contributed by atoms with Crippen molar-refractivity contribution >= 4 is 22.8 Å². The van der Waals surface area contributed by atoms with Gasteiger partial charge in [-0.05, 0) is 61.6 Å². The fourth-order valence-electron chi connectivity index (χ4n) is 3.88. The maximum atomic E-state index is 12.8. The number of ketones is 1. The van der Waals surface area contributed by atoms with Crippen molar-refractivity contribution in [3.05, 3.63) is 60.0 Å². The lowest BCUT2D eigenvalue weighted by Crippen LogP contribution is -2.33. The number of carbonyl (C=O) groups excluding carboxylic acids is 1. The molecule has 4 aromatic rings. The SMILES string of the molecule is CCN(CC)[C@@H](C)CCC(=O)c1cc(-c2cnn3ccc(-c4cccs4)nc23)ccn1. The third-order valence-corrected chi connectivity index (χ3v) is 6.62. The first-order valence-corrected chi connectivity index (χ1v) is 11.6. The molecule has 0 N–H and O–H groups in total. The van der Waals surface area contributed by atoms with Gasteiger partial charge in [-0.25, -0.2) is 9.50 Å². The maximum Gasteiger partial charge on any atom is 0.181 e. The number of hydrogen-bond acceptors (Lipinski definition) is 6. The summed E-state index contributed by atoms with van der Waals surface area (Å²) in [6.07, 6.45) is 6.73. The Morgan fingerprint density at radius 2 is 2.06 bits per heavy atom. The molecule has 0 aliphatic carbocycles. The first kappa shape index (κ1) is 21.3. The molecule has 0 aromatic carbocycles. The highest BCUT2D eigenvalue weighted by Crippen LogP contribution is 2.28. The van der Waals surface area contributed by atoms with Crippen LogP contribution in [0.1, 0.15) is 44.1 Å². The zero-order chi connectivity index (χ0) is 21.8. The molecule has 0 aliphatic rings. The number of aromatic nitrogens is 4. The van der Waals surface area contributed by atoms with E-state index in [1.165, 1.54) is 0 Å². The average Bonchev–Trinajstić information content (AvgIpc) is 3.48. The second kappa shape index (κ2) is 9.49. The van der Waals surface area contributed by atoms with E-state index < -0.39 is 0 Å². The average molecular weight is 434 g/mol. The van der Waals surface area contributed by atoms with E-state index in [1.807, 2.05) is 35.8 Å². The van der Waals surface area contributed by atoms with Crippen LogP contribution in [-0.4, -0.2) is 49.4 Å². The quantitative estimate of drug-likeness (QED) is 0.339. The molecular weight excluding hydrogens is 406 g/mol. The van der Waals surface area contributed by atoms with E-state index >= 15 is 0 Å². The number of thiophene rings is 1. The van der Waals surface area contributed by atoms with Crippen LogP contribution < -0.4 is 0 Å². The molecule has 4 heterocycles. The fourth-order valence-corrected chi connectivity index (χ4v) is 4.58. The Kier molecular flexibility index (Phi) is 6.53. The van der Waals surface area contributed by atoms with Crippen LogP contribution in [0.15, 0.2) is 54.3 Å². The zero-order valence-corrected chi connectivity index (χ0v) is 19.0. The minimum Gasteiger partial charge on any atom is -0.301 e. The van der Waals surface area contributed by atoms with Gasteiger partial charge in [-0.15, -0.1) is 11.3 Å². The van der Waals surface area contributed by atoms with Gasteiger partial charge in [-0.1, -0.05) is 19.9 Å². The van der Waals surface area contributed by atoms with Crippen molar-refractivity contribution < 1.29 is 4.79 Å². The van der Waals surface area contributed by atoms with E-state index in [0.29, 0.717) is 18.2 Å². The van der Waals surface area contributed by atoms with Crippen LogP contribution in [0.4, 0.5) is 0 Å². The van der Waals surface area contributed by atoms with Crippen molar-refractivity contribution in [2.24, 2.45) is 0 Å². The van der Waals surface area contributed by atoms with Crippen LogP contribution in [0, 0.1) is 0 Å². The number of fused-ring (bicyclic) bond motifs is 1. The van der Waals surface area contributed by atoms with Gasteiger partial charge in [-0.2, -0.15) is 5.10 Å². The van der Waals surface area contributed by atoms with Gasteiger partial charge in [0, 0.05) is 30.4 Å². The summed E-state index contributed by atoms with van der Waals surface area (Å²) in [5.41, 5.74) is 3.98. The van der Waals surface area contributed by atoms with Crippen LogP contribution in [0.25, 0.3) is 27.3 Å². The molecule has 1 atom stereocenters. The zero-order valence-electron chi connectivity index (χ0n) is 18.2. The summed E-state index contributed by atoms with van der Waals surface area (Å²) in [5.74, 6) is 0.0737. The van der Waals surface area contributed by atoms with Gasteiger partial charge >= 0.3 is 0 Å². The lowest BCUT2D eigenvalue weighted by Gasteiger charge is -2.25. The predicted octanol–water partition coefficient (Wildman–Crippen LogP) is 5.21. The van der Waals surface area contributed by atoms with Crippen molar-refractivity contribution in [1.29, 1.82) is 0 Å². The molecule has 4 rings (SSSR count). The summed E-state index contributed by atoms with van der Waals surface area (Å²) in [6, 6.07) is 10.2. The van der Waals surface area contributed by atoms with Gasteiger partial charge in [0.25, 0.3) is 0 Å². The Balaban J connectivity index is 1.57. The molecule has 160 valence electrons. The molecule has 0 bridgehead atoms. The standard InChI is InChI=1S/C24H27N5OS/c1-4-28(5-2)17(3)8-9-22(30)21-15-18(10-12-25-21)19-16-26-29-13-11-20(27-24(19)29)23-7-6-14-31-23/h6-7,10-17H,4-5,8-9H2,1-3H3/t17-/m0/s1. The summed E-state index contributed by atoms with van der Waals surface area (Å²) < 4.78 is 1.76. The molecule has 7 heteroatoms. The summed E-state index contributed by atoms with van der Waals surface area (Å²) in [5, 5.41) is 6.48. The van der Waals surface area contributed by atoms with Crippen molar-refractivity contribution in [1.82, 2.24) is 24.5 Å². The first-order chi connectivity index (χ1) is 15.1. The second-order valence-electron chi connectivity index (χ2n) is 7.58. The molecule has 0 saturated carbocycles. The third kappa shape index (κ3) is 4.57. The topological polar surface area (TPSA) is 63.4 Å². The Bertz CT molecular complexity index is 1160. The molecule has 31 heavy (non-hydrogen) atoms. The van der Waals surface area contributed by atoms with E-state index in [4.69, 9.17) is 4.98 Å². The smallest absolute Gasteiger partial charge is 0.181 e. The number of rotatable bonds is 9. The summed E-state index contributed by atoms with van der Waals surface area (Å²) in [7, 11) is 0. The van der Waals surface area contributed by atoms with E-state index in [1.54, 1.807) is 28.2 Å². The molecule has 0 unspecified atom stereocenters. The molecule has 6 nitrogen and oxygen atoms in total. The van der Waals surface area contributed by atoms with Crippen LogP contribution in [0.2, 0.25) is 0 Å². The number of Topliss-reactive ketones (excluding diaryl/α,β-unsaturated/α-hetero) is 1. The van der Waals surface area contributed by atoms with Crippen molar-refractivity contribution in [2.45, 2.75) is 39.7 Å². The van der Waals surface area contributed by atoms with Gasteiger partial charge in [0.1, 0.15) is 5.69 Å². The van der Waals surface area contributed by atoms with E-state index in [9.17, 15) is 4.79 Å². The Morgan fingerprint density at radius 1 is 1.23 bits per heavy atom. The van der Waals surface area contributed by atoms with Gasteiger partial charge in [0.15, 0.2) is 11.4 Å². The summed E-state index contributed by atoms with van der Waals surface area (Å²) in [6.45, 7) is 8.48. The molecule has 0 radical (unpaired) electrons. The molecule has 0 spiro atoms. The van der Waals surface area contributed by atoms with Gasteiger partial charge < -0.3 is 4.90 Å². The maximum absolute atomic E-state index is 12.8. The van der Waals surface area contributed by atoms with Crippen LogP contribution in [-0.2, 0) is 0 Å². The van der Waals surface area contributed by atoms with Crippen LogP contribution in [0.3, 0.4) is 0 Å². The molecule has 0 fully saturated rings. The molecule has 0 amide bonds. The first-order valence-electron chi connectivity index (χ1n) is 10.7. The highest BCUT2D eigenvalue weighted by Gasteiger charge is 2.16. The third-order valence-electron chi connectivity index (χ3n) is 5.72. The predicted molar refractivity (Wildman–Crippen MR) is 125 cm³/mol. The highest BCUT2D eigenvalue weighted by atomic mass is 32.1. The molecule has 0 aliphatic heterocycles. The molecular formula is C24H27N5OS. The summed E-state index contributed by atoms with van der Waals surface area (Å²) in [4.78, 5) is 25.5. The summed E-state index contributed by atoms with van der Waals surface area (Å²) >= 11 is 1.66. The molecule has 0 saturated heterocycles. The normalized spacial score (nSPS) is 12.5. The van der Waals surface area contributed by atoms with E-state index in [-0.39, 0.29) is 5.78 Å². The van der Waals surface area contributed by atoms with Crippen molar-refractivity contribution in [2.75, 3.05) is 13.1 Å². The highest BCUT2D eigenvalue weighted by molar-refractivity contribution is 7.13. The lowest BCUT2D eigenvalue weighted by atomic mass is 10.0. The number of hydrogen-bond donors (Lipinski definition) is 0. The Morgan fingerprint density at radius 3 is 2.81 bits per heavy atom. The van der Waals surface area contributed by atoms with Gasteiger partial charge in [0.05, 0.1) is 16.8 Å². The Hall–Kier alpha value is -2.90. The van der Waals surface area contributed by atoms with Crippen molar-refractivity contribution in [3.63, 3.8) is 0 Å². The van der Waals surface area contributed by atoms with Crippen LogP contribution in [0.5, 0.6) is 0 Å². The Labute approximate surface area is 186 Å². The number of carbonyl (C=O) groups is 1. The minimum atomic E-state index is 0.0737. The second-order valence-corrected chi connectivity index (χ2v) is 8.53. The number of nitrogens with zero attached hydrogens (tertiary/aromatic N) is 5.